The summed E-state index contributed by atoms with van der Waals surface area (Å²) in [4.78, 5) is 6.77. The van der Waals surface area contributed by atoms with Crippen LogP contribution < -0.4 is 10.2 Å². The Bertz CT molecular complexity index is 320. The molecule has 1 fully saturated rings. The van der Waals surface area contributed by atoms with Gasteiger partial charge in [-0.1, -0.05) is 6.92 Å². The monoisotopic (exact) mass is 240 g/mol. The van der Waals surface area contributed by atoms with E-state index in [0.29, 0.717) is 0 Å². The van der Waals surface area contributed by atoms with Gasteiger partial charge in [-0.05, 0) is 31.8 Å². The van der Waals surface area contributed by atoms with Gasteiger partial charge in [-0.2, -0.15) is 4.37 Å². The van der Waals surface area contributed by atoms with Crippen molar-refractivity contribution in [1.29, 1.82) is 0 Å². The lowest BCUT2D eigenvalue weighted by molar-refractivity contribution is 0.378. The highest BCUT2D eigenvalue weighted by atomic mass is 32.1. The zero-order chi connectivity index (χ0) is 11.4. The average molecular weight is 240 g/mol. The van der Waals surface area contributed by atoms with Crippen molar-refractivity contribution in [3.05, 3.63) is 5.82 Å². The number of hydrogen-bond donors (Lipinski definition) is 1. The highest BCUT2D eigenvalue weighted by Gasteiger charge is 2.17. The third-order valence-corrected chi connectivity index (χ3v) is 3.96. The maximum atomic E-state index is 4.51. The molecule has 5 heteroatoms. The zero-order valence-electron chi connectivity index (χ0n) is 10.1. The third kappa shape index (κ3) is 2.92. The quantitative estimate of drug-likeness (QED) is 0.866. The SMILES string of the molecule is CCc1nsc(N(C)CC2CCNCC2)n1. The molecule has 0 amide bonds. The molecule has 1 N–H and O–H groups in total. The van der Waals surface area contributed by atoms with Crippen LogP contribution in [0.4, 0.5) is 5.13 Å². The molecule has 0 atom stereocenters. The molecule has 1 aliphatic rings. The minimum absolute atomic E-state index is 0.806. The first-order valence-corrected chi connectivity index (χ1v) is 6.81. The molecule has 0 saturated carbocycles. The summed E-state index contributed by atoms with van der Waals surface area (Å²) >= 11 is 1.52. The molecule has 0 aromatic carbocycles. The number of aromatic nitrogens is 2. The Hall–Kier alpha value is -0.680. The van der Waals surface area contributed by atoms with Gasteiger partial charge < -0.3 is 10.2 Å². The highest BCUT2D eigenvalue weighted by Crippen LogP contribution is 2.20. The Kier molecular flexibility index (Phi) is 4.12. The molecule has 0 aliphatic carbocycles. The van der Waals surface area contributed by atoms with E-state index in [2.05, 4.69) is 33.5 Å². The fourth-order valence-corrected chi connectivity index (χ4v) is 2.79. The number of hydrogen-bond acceptors (Lipinski definition) is 5. The van der Waals surface area contributed by atoms with Gasteiger partial charge in [-0.25, -0.2) is 4.98 Å². The second-order valence-corrected chi connectivity index (χ2v) is 5.15. The number of anilines is 1. The normalized spacial score (nSPS) is 17.6. The molecular weight excluding hydrogens is 220 g/mol. The second kappa shape index (κ2) is 5.59. The second-order valence-electron chi connectivity index (χ2n) is 4.42. The smallest absolute Gasteiger partial charge is 0.204 e. The van der Waals surface area contributed by atoms with Crippen molar-refractivity contribution in [3.63, 3.8) is 0 Å². The number of nitrogens with one attached hydrogen (secondary N) is 1. The first kappa shape index (κ1) is 11.8. The van der Waals surface area contributed by atoms with E-state index in [1.54, 1.807) is 0 Å². The Morgan fingerprint density at radius 2 is 2.19 bits per heavy atom. The van der Waals surface area contributed by atoms with Gasteiger partial charge in [-0.3, -0.25) is 0 Å². The Labute approximate surface area is 101 Å². The van der Waals surface area contributed by atoms with Gasteiger partial charge >= 0.3 is 0 Å². The van der Waals surface area contributed by atoms with Crippen LogP contribution in [-0.2, 0) is 6.42 Å². The Morgan fingerprint density at radius 1 is 1.44 bits per heavy atom. The fraction of sp³-hybridized carbons (Fsp3) is 0.818. The van der Waals surface area contributed by atoms with Crippen LogP contribution in [0.3, 0.4) is 0 Å². The third-order valence-electron chi connectivity index (χ3n) is 3.09. The van der Waals surface area contributed by atoms with Crippen LogP contribution in [0.2, 0.25) is 0 Å². The van der Waals surface area contributed by atoms with Crippen LogP contribution in [0, 0.1) is 5.92 Å². The summed E-state index contributed by atoms with van der Waals surface area (Å²) < 4.78 is 4.33. The molecule has 1 saturated heterocycles. The minimum atomic E-state index is 0.806. The lowest BCUT2D eigenvalue weighted by Gasteiger charge is -2.26. The highest BCUT2D eigenvalue weighted by molar-refractivity contribution is 7.09. The van der Waals surface area contributed by atoms with E-state index in [4.69, 9.17) is 0 Å². The zero-order valence-corrected chi connectivity index (χ0v) is 10.9. The molecule has 90 valence electrons. The Morgan fingerprint density at radius 3 is 2.81 bits per heavy atom. The van der Waals surface area contributed by atoms with Gasteiger partial charge in [0.2, 0.25) is 5.13 Å². The van der Waals surface area contributed by atoms with E-state index in [0.717, 1.165) is 42.9 Å². The van der Waals surface area contributed by atoms with E-state index >= 15 is 0 Å². The van der Waals surface area contributed by atoms with Crippen molar-refractivity contribution in [2.75, 3.05) is 31.6 Å². The first-order valence-electron chi connectivity index (χ1n) is 6.04. The van der Waals surface area contributed by atoms with Crippen molar-refractivity contribution in [2.24, 2.45) is 5.92 Å². The van der Waals surface area contributed by atoms with Crippen molar-refractivity contribution in [1.82, 2.24) is 14.7 Å². The van der Waals surface area contributed by atoms with Crippen LogP contribution in [0.1, 0.15) is 25.6 Å². The molecule has 4 nitrogen and oxygen atoms in total. The van der Waals surface area contributed by atoms with Crippen molar-refractivity contribution in [3.8, 4) is 0 Å². The van der Waals surface area contributed by atoms with E-state index in [-0.39, 0.29) is 0 Å². The topological polar surface area (TPSA) is 41.1 Å². The molecular formula is C11H20N4S. The molecule has 1 aromatic rings. The maximum Gasteiger partial charge on any atom is 0.204 e. The Balaban J connectivity index is 1.88. The number of aryl methyl sites for hydroxylation is 1. The predicted octanol–water partition coefficient (Wildman–Crippen LogP) is 1.54. The van der Waals surface area contributed by atoms with Crippen molar-refractivity contribution in [2.45, 2.75) is 26.2 Å². The lowest BCUT2D eigenvalue weighted by Crippen LogP contribution is -2.34. The van der Waals surface area contributed by atoms with Gasteiger partial charge in [0, 0.05) is 31.5 Å². The summed E-state index contributed by atoms with van der Waals surface area (Å²) in [5.74, 6) is 1.78. The van der Waals surface area contributed by atoms with Gasteiger partial charge in [0.15, 0.2) is 0 Å². The summed E-state index contributed by atoms with van der Waals surface area (Å²) in [5.41, 5.74) is 0. The number of nitrogens with zero attached hydrogens (tertiary/aromatic N) is 3. The van der Waals surface area contributed by atoms with Gasteiger partial charge in [0.05, 0.1) is 0 Å². The van der Waals surface area contributed by atoms with Crippen LogP contribution in [0.25, 0.3) is 0 Å². The lowest BCUT2D eigenvalue weighted by atomic mass is 9.98. The van der Waals surface area contributed by atoms with Gasteiger partial charge in [0.1, 0.15) is 5.82 Å². The number of piperidine rings is 1. The molecule has 1 aromatic heterocycles. The average Bonchev–Trinajstić information content (AvgIpc) is 2.79. The summed E-state index contributed by atoms with van der Waals surface area (Å²) in [6.07, 6.45) is 3.49. The van der Waals surface area contributed by atoms with Crippen LogP contribution >= 0.6 is 11.5 Å². The molecule has 0 unspecified atom stereocenters. The molecule has 0 radical (unpaired) electrons. The molecule has 1 aliphatic heterocycles. The van der Waals surface area contributed by atoms with E-state index in [1.165, 1.54) is 24.4 Å². The molecule has 16 heavy (non-hydrogen) atoms. The van der Waals surface area contributed by atoms with Gasteiger partial charge in [0.25, 0.3) is 0 Å². The standard InChI is InChI=1S/C11H20N4S/c1-3-10-13-11(16-14-10)15(2)8-9-4-6-12-7-5-9/h9,12H,3-8H2,1-2H3. The molecule has 0 bridgehead atoms. The van der Waals surface area contributed by atoms with Crippen LogP contribution in [0.5, 0.6) is 0 Å². The van der Waals surface area contributed by atoms with Gasteiger partial charge in [-0.15, -0.1) is 0 Å². The molecule has 2 rings (SSSR count). The largest absolute Gasteiger partial charge is 0.350 e. The number of rotatable bonds is 4. The van der Waals surface area contributed by atoms with E-state index in [1.807, 2.05) is 0 Å². The minimum Gasteiger partial charge on any atom is -0.350 e. The summed E-state index contributed by atoms with van der Waals surface area (Å²) in [6.45, 7) is 5.53. The summed E-state index contributed by atoms with van der Waals surface area (Å²) in [7, 11) is 2.13. The molecule has 2 heterocycles. The predicted molar refractivity (Wildman–Crippen MR) is 68.2 cm³/mol. The summed E-state index contributed by atoms with van der Waals surface area (Å²) in [5, 5.41) is 4.46. The van der Waals surface area contributed by atoms with Crippen LogP contribution in [0.15, 0.2) is 0 Å². The van der Waals surface area contributed by atoms with E-state index < -0.39 is 0 Å². The first-order chi connectivity index (χ1) is 7.79. The van der Waals surface area contributed by atoms with E-state index in [9.17, 15) is 0 Å². The fourth-order valence-electron chi connectivity index (χ4n) is 2.07. The summed E-state index contributed by atoms with van der Waals surface area (Å²) in [6, 6.07) is 0. The van der Waals surface area contributed by atoms with Crippen molar-refractivity contribution >= 4 is 16.7 Å². The van der Waals surface area contributed by atoms with Crippen LogP contribution in [-0.4, -0.2) is 36.0 Å². The maximum absolute atomic E-state index is 4.51. The molecule has 0 spiro atoms. The van der Waals surface area contributed by atoms with Crippen molar-refractivity contribution < 1.29 is 0 Å².